The number of carbonyl (C=O) groups is 1. The molecular formula is C22H17F3N4O2. The van der Waals surface area contributed by atoms with Gasteiger partial charge in [0, 0.05) is 10.9 Å². The standard InChI is InChI=1S/C22H17F3N4O2/c1-13(20-26-12-27-29-20)28-21(30)15-5-10-18-14(11-15)3-2-4-19(18)31-17-8-6-16(7-9-17)22(23,24)25/h2-13H,1H3,(H,28,30)(H,26,27,29)/t13-/m0/s1. The van der Waals surface area contributed by atoms with Crippen molar-refractivity contribution in [3.05, 3.63) is 83.9 Å². The van der Waals surface area contributed by atoms with Crippen LogP contribution in [0.3, 0.4) is 0 Å². The summed E-state index contributed by atoms with van der Waals surface area (Å²) in [5.74, 6) is 1.02. The molecular weight excluding hydrogens is 409 g/mol. The molecule has 1 atom stereocenters. The van der Waals surface area contributed by atoms with Crippen LogP contribution < -0.4 is 10.1 Å². The van der Waals surface area contributed by atoms with Crippen molar-refractivity contribution in [2.75, 3.05) is 0 Å². The van der Waals surface area contributed by atoms with Gasteiger partial charge in [0.25, 0.3) is 5.91 Å². The van der Waals surface area contributed by atoms with E-state index in [0.29, 0.717) is 17.1 Å². The van der Waals surface area contributed by atoms with Crippen molar-refractivity contribution in [1.29, 1.82) is 0 Å². The summed E-state index contributed by atoms with van der Waals surface area (Å²) in [4.78, 5) is 16.6. The number of aromatic nitrogens is 3. The van der Waals surface area contributed by atoms with Gasteiger partial charge in [0.05, 0.1) is 11.6 Å². The van der Waals surface area contributed by atoms with Gasteiger partial charge < -0.3 is 10.1 Å². The molecule has 0 bridgehead atoms. The summed E-state index contributed by atoms with van der Waals surface area (Å²) in [7, 11) is 0. The number of nitrogens with zero attached hydrogens (tertiary/aromatic N) is 2. The van der Waals surface area contributed by atoms with Gasteiger partial charge in [-0.15, -0.1) is 0 Å². The van der Waals surface area contributed by atoms with Crippen molar-refractivity contribution < 1.29 is 22.7 Å². The van der Waals surface area contributed by atoms with Crippen LogP contribution in [0.15, 0.2) is 67.0 Å². The molecule has 4 rings (SSSR count). The van der Waals surface area contributed by atoms with Crippen molar-refractivity contribution >= 4 is 16.7 Å². The average Bonchev–Trinajstić information content (AvgIpc) is 3.28. The zero-order valence-electron chi connectivity index (χ0n) is 16.3. The number of nitrogens with one attached hydrogen (secondary N) is 2. The first-order chi connectivity index (χ1) is 14.8. The Labute approximate surface area is 175 Å². The van der Waals surface area contributed by atoms with Gasteiger partial charge in [0.2, 0.25) is 0 Å². The van der Waals surface area contributed by atoms with E-state index in [4.69, 9.17) is 4.74 Å². The van der Waals surface area contributed by atoms with Crippen molar-refractivity contribution in [1.82, 2.24) is 20.5 Å². The van der Waals surface area contributed by atoms with E-state index in [1.54, 1.807) is 37.3 Å². The van der Waals surface area contributed by atoms with Crippen LogP contribution in [0.4, 0.5) is 13.2 Å². The molecule has 1 aromatic heterocycles. The van der Waals surface area contributed by atoms with Gasteiger partial charge in [-0.25, -0.2) is 4.98 Å². The summed E-state index contributed by atoms with van der Waals surface area (Å²) in [5, 5.41) is 10.8. The van der Waals surface area contributed by atoms with E-state index in [1.165, 1.54) is 18.5 Å². The number of amides is 1. The van der Waals surface area contributed by atoms with E-state index in [9.17, 15) is 18.0 Å². The normalized spacial score (nSPS) is 12.5. The summed E-state index contributed by atoms with van der Waals surface area (Å²) in [6.45, 7) is 1.79. The lowest BCUT2D eigenvalue weighted by Gasteiger charge is -2.13. The van der Waals surface area contributed by atoms with Gasteiger partial charge in [-0.1, -0.05) is 12.1 Å². The predicted molar refractivity (Wildman–Crippen MR) is 108 cm³/mol. The second-order valence-corrected chi connectivity index (χ2v) is 6.88. The molecule has 0 saturated heterocycles. The molecule has 0 spiro atoms. The van der Waals surface area contributed by atoms with E-state index in [2.05, 4.69) is 20.5 Å². The molecule has 0 saturated carbocycles. The zero-order chi connectivity index (χ0) is 22.0. The third-order valence-corrected chi connectivity index (χ3v) is 4.70. The lowest BCUT2D eigenvalue weighted by atomic mass is 10.1. The van der Waals surface area contributed by atoms with Crippen LogP contribution in [0.2, 0.25) is 0 Å². The minimum Gasteiger partial charge on any atom is -0.457 e. The monoisotopic (exact) mass is 426 g/mol. The van der Waals surface area contributed by atoms with Crippen LogP contribution >= 0.6 is 0 Å². The average molecular weight is 426 g/mol. The molecule has 1 heterocycles. The Bertz CT molecular complexity index is 1210. The molecule has 158 valence electrons. The Morgan fingerprint density at radius 1 is 1.10 bits per heavy atom. The van der Waals surface area contributed by atoms with Gasteiger partial charge in [-0.3, -0.25) is 9.89 Å². The van der Waals surface area contributed by atoms with Gasteiger partial charge >= 0.3 is 6.18 Å². The number of alkyl halides is 3. The second kappa shape index (κ2) is 8.10. The molecule has 0 radical (unpaired) electrons. The summed E-state index contributed by atoms with van der Waals surface area (Å²) in [6, 6.07) is 14.5. The summed E-state index contributed by atoms with van der Waals surface area (Å²) in [6.07, 6.45) is -3.04. The third-order valence-electron chi connectivity index (χ3n) is 4.70. The van der Waals surface area contributed by atoms with Gasteiger partial charge in [-0.2, -0.15) is 18.3 Å². The molecule has 0 fully saturated rings. The highest BCUT2D eigenvalue weighted by Gasteiger charge is 2.30. The fourth-order valence-corrected chi connectivity index (χ4v) is 3.10. The first-order valence-corrected chi connectivity index (χ1v) is 9.35. The molecule has 0 aliphatic rings. The molecule has 9 heteroatoms. The molecule has 0 aliphatic heterocycles. The minimum atomic E-state index is -4.40. The number of carbonyl (C=O) groups excluding carboxylic acids is 1. The second-order valence-electron chi connectivity index (χ2n) is 6.88. The molecule has 0 unspecified atom stereocenters. The van der Waals surface area contributed by atoms with Gasteiger partial charge in [0.15, 0.2) is 0 Å². The number of ether oxygens (including phenoxy) is 1. The maximum Gasteiger partial charge on any atom is 0.416 e. The van der Waals surface area contributed by atoms with Crippen molar-refractivity contribution in [3.8, 4) is 11.5 Å². The van der Waals surface area contributed by atoms with E-state index < -0.39 is 11.7 Å². The molecule has 1 amide bonds. The molecule has 31 heavy (non-hydrogen) atoms. The highest BCUT2D eigenvalue weighted by Crippen LogP contribution is 2.33. The maximum atomic E-state index is 12.7. The molecule has 0 aliphatic carbocycles. The highest BCUT2D eigenvalue weighted by molar-refractivity contribution is 6.00. The largest absolute Gasteiger partial charge is 0.457 e. The number of halogens is 3. The van der Waals surface area contributed by atoms with E-state index in [0.717, 1.165) is 22.9 Å². The lowest BCUT2D eigenvalue weighted by molar-refractivity contribution is -0.137. The fraction of sp³-hybridized carbons (Fsp3) is 0.136. The number of H-pyrrole nitrogens is 1. The lowest BCUT2D eigenvalue weighted by Crippen LogP contribution is -2.27. The van der Waals surface area contributed by atoms with Crippen LogP contribution in [0, 0.1) is 0 Å². The Hall–Kier alpha value is -3.88. The van der Waals surface area contributed by atoms with Crippen LogP contribution in [0.5, 0.6) is 11.5 Å². The third kappa shape index (κ3) is 4.50. The number of hydrogen-bond acceptors (Lipinski definition) is 4. The number of benzene rings is 3. The Balaban J connectivity index is 1.55. The van der Waals surface area contributed by atoms with E-state index in [-0.39, 0.29) is 17.7 Å². The summed E-state index contributed by atoms with van der Waals surface area (Å²) in [5.41, 5.74) is -0.293. The first kappa shape index (κ1) is 20.4. The predicted octanol–water partition coefficient (Wildman–Crippen LogP) is 5.26. The van der Waals surface area contributed by atoms with E-state index >= 15 is 0 Å². The Morgan fingerprint density at radius 3 is 2.55 bits per heavy atom. The molecule has 6 nitrogen and oxygen atoms in total. The SMILES string of the molecule is C[C@H](NC(=O)c1ccc2c(Oc3ccc(C(F)(F)F)cc3)cccc2c1)c1ncn[nH]1. The Morgan fingerprint density at radius 2 is 1.87 bits per heavy atom. The molecule has 3 aromatic carbocycles. The van der Waals surface area contributed by atoms with Crippen LogP contribution in [-0.4, -0.2) is 21.1 Å². The van der Waals surface area contributed by atoms with Crippen molar-refractivity contribution in [2.24, 2.45) is 0 Å². The van der Waals surface area contributed by atoms with Crippen LogP contribution in [-0.2, 0) is 6.18 Å². The summed E-state index contributed by atoms with van der Waals surface area (Å²) >= 11 is 0. The summed E-state index contributed by atoms with van der Waals surface area (Å²) < 4.78 is 44.0. The number of fused-ring (bicyclic) bond motifs is 1. The molecule has 4 aromatic rings. The van der Waals surface area contributed by atoms with Crippen molar-refractivity contribution in [3.63, 3.8) is 0 Å². The number of aromatic amines is 1. The van der Waals surface area contributed by atoms with Crippen molar-refractivity contribution in [2.45, 2.75) is 19.1 Å². The molecule has 2 N–H and O–H groups in total. The minimum absolute atomic E-state index is 0.278. The smallest absolute Gasteiger partial charge is 0.416 e. The Kier molecular flexibility index (Phi) is 5.33. The highest BCUT2D eigenvalue weighted by atomic mass is 19.4. The number of hydrogen-bond donors (Lipinski definition) is 2. The van der Waals surface area contributed by atoms with E-state index in [1.807, 2.05) is 6.07 Å². The first-order valence-electron chi connectivity index (χ1n) is 9.35. The zero-order valence-corrected chi connectivity index (χ0v) is 16.3. The van der Waals surface area contributed by atoms with Gasteiger partial charge in [-0.05, 0) is 60.8 Å². The van der Waals surface area contributed by atoms with Gasteiger partial charge in [0.1, 0.15) is 23.7 Å². The van der Waals surface area contributed by atoms with Crippen LogP contribution in [0.1, 0.15) is 34.7 Å². The maximum absolute atomic E-state index is 12.7. The van der Waals surface area contributed by atoms with Crippen LogP contribution in [0.25, 0.3) is 10.8 Å². The fourth-order valence-electron chi connectivity index (χ4n) is 3.10. The quantitative estimate of drug-likeness (QED) is 0.456. The number of rotatable bonds is 5. The topological polar surface area (TPSA) is 79.9 Å².